The third-order valence-electron chi connectivity index (χ3n) is 4.94. The van der Waals surface area contributed by atoms with Crippen molar-refractivity contribution in [3.63, 3.8) is 0 Å². The first-order chi connectivity index (χ1) is 9.55. The van der Waals surface area contributed by atoms with Gasteiger partial charge in [-0.15, -0.1) is 0 Å². The van der Waals surface area contributed by atoms with E-state index in [4.69, 9.17) is 4.42 Å². The average molecular weight is 279 g/mol. The molecule has 1 aliphatic rings. The first-order valence-electron chi connectivity index (χ1n) is 7.47. The van der Waals surface area contributed by atoms with Crippen molar-refractivity contribution in [2.24, 2.45) is 5.41 Å². The fraction of sp³-hybridized carbons (Fsp3) is 0.688. The van der Waals surface area contributed by atoms with E-state index >= 15 is 0 Å². The average Bonchev–Trinajstić information content (AvgIpc) is 3.13. The molecule has 0 amide bonds. The molecule has 1 fully saturated rings. The van der Waals surface area contributed by atoms with E-state index in [1.54, 1.807) is 6.07 Å². The number of likely N-dealkylation sites (tertiary alicyclic amines) is 1. The van der Waals surface area contributed by atoms with E-state index < -0.39 is 5.97 Å². The van der Waals surface area contributed by atoms with Crippen LogP contribution in [0.2, 0.25) is 0 Å². The van der Waals surface area contributed by atoms with Crippen molar-refractivity contribution in [3.05, 3.63) is 23.7 Å². The Morgan fingerprint density at radius 3 is 2.70 bits per heavy atom. The standard InChI is InChI=1S/C16H25NO3/c1-5-16(6-2)9-10-17(11-16)12(3)13-7-8-14(20-13)15(18)19-4/h7-8,12H,5-6,9-11H2,1-4H3. The van der Waals surface area contributed by atoms with Crippen molar-refractivity contribution in [2.75, 3.05) is 20.2 Å². The van der Waals surface area contributed by atoms with Crippen LogP contribution < -0.4 is 0 Å². The van der Waals surface area contributed by atoms with Gasteiger partial charge in [0.25, 0.3) is 0 Å². The Hall–Kier alpha value is -1.29. The minimum Gasteiger partial charge on any atom is -0.463 e. The van der Waals surface area contributed by atoms with Crippen molar-refractivity contribution >= 4 is 5.97 Å². The molecular weight excluding hydrogens is 254 g/mol. The van der Waals surface area contributed by atoms with E-state index in [0.29, 0.717) is 5.41 Å². The van der Waals surface area contributed by atoms with E-state index in [2.05, 4.69) is 30.4 Å². The summed E-state index contributed by atoms with van der Waals surface area (Å²) in [6.07, 6.45) is 3.69. The zero-order valence-corrected chi connectivity index (χ0v) is 12.9. The predicted octanol–water partition coefficient (Wildman–Crippen LogP) is 3.64. The second kappa shape index (κ2) is 6.00. The van der Waals surface area contributed by atoms with Crippen LogP contribution in [0.25, 0.3) is 0 Å². The van der Waals surface area contributed by atoms with Crippen LogP contribution in [0.3, 0.4) is 0 Å². The molecule has 0 spiro atoms. The van der Waals surface area contributed by atoms with Crippen LogP contribution in [0, 0.1) is 5.41 Å². The highest BCUT2D eigenvalue weighted by atomic mass is 16.5. The predicted molar refractivity (Wildman–Crippen MR) is 77.7 cm³/mol. The molecule has 1 aliphatic heterocycles. The number of nitrogens with zero attached hydrogens (tertiary/aromatic N) is 1. The maximum Gasteiger partial charge on any atom is 0.373 e. The fourth-order valence-corrected chi connectivity index (χ4v) is 3.10. The molecular formula is C16H25NO3. The maximum atomic E-state index is 11.4. The Kier molecular flexibility index (Phi) is 4.53. The molecule has 4 heteroatoms. The smallest absolute Gasteiger partial charge is 0.373 e. The van der Waals surface area contributed by atoms with Crippen molar-refractivity contribution in [2.45, 2.75) is 46.1 Å². The third-order valence-corrected chi connectivity index (χ3v) is 4.94. The number of carbonyl (C=O) groups is 1. The molecule has 1 atom stereocenters. The summed E-state index contributed by atoms with van der Waals surface area (Å²) in [4.78, 5) is 13.9. The molecule has 1 unspecified atom stereocenters. The molecule has 0 aromatic carbocycles. The van der Waals surface area contributed by atoms with Crippen LogP contribution in [-0.4, -0.2) is 31.1 Å². The topological polar surface area (TPSA) is 42.7 Å². The Bertz CT molecular complexity index is 462. The highest BCUT2D eigenvalue weighted by molar-refractivity contribution is 5.86. The number of hydrogen-bond acceptors (Lipinski definition) is 4. The molecule has 4 nitrogen and oxygen atoms in total. The van der Waals surface area contributed by atoms with Crippen LogP contribution in [0.1, 0.15) is 62.4 Å². The van der Waals surface area contributed by atoms with Gasteiger partial charge in [0.15, 0.2) is 0 Å². The molecule has 0 N–H and O–H groups in total. The van der Waals surface area contributed by atoms with Gasteiger partial charge in [-0.3, -0.25) is 4.90 Å². The Balaban J connectivity index is 2.07. The van der Waals surface area contributed by atoms with Gasteiger partial charge in [0.1, 0.15) is 5.76 Å². The fourth-order valence-electron chi connectivity index (χ4n) is 3.10. The zero-order valence-electron chi connectivity index (χ0n) is 12.9. The summed E-state index contributed by atoms with van der Waals surface area (Å²) in [6, 6.07) is 3.78. The van der Waals surface area contributed by atoms with E-state index in [-0.39, 0.29) is 11.8 Å². The molecule has 1 aromatic rings. The number of rotatable bonds is 5. The molecule has 112 valence electrons. The lowest BCUT2D eigenvalue weighted by Crippen LogP contribution is -2.28. The van der Waals surface area contributed by atoms with Crippen molar-refractivity contribution in [3.8, 4) is 0 Å². The number of esters is 1. The second-order valence-corrected chi connectivity index (χ2v) is 5.80. The molecule has 20 heavy (non-hydrogen) atoms. The summed E-state index contributed by atoms with van der Waals surface area (Å²) in [6.45, 7) is 8.90. The Morgan fingerprint density at radius 2 is 2.15 bits per heavy atom. The highest BCUT2D eigenvalue weighted by Gasteiger charge is 2.37. The van der Waals surface area contributed by atoms with Crippen LogP contribution >= 0.6 is 0 Å². The molecule has 0 saturated carbocycles. The normalized spacial score (nSPS) is 20.0. The lowest BCUT2D eigenvalue weighted by atomic mass is 9.82. The minimum absolute atomic E-state index is 0.202. The molecule has 0 bridgehead atoms. The monoisotopic (exact) mass is 279 g/mol. The summed E-state index contributed by atoms with van der Waals surface area (Å²) in [5, 5.41) is 0. The first kappa shape index (κ1) is 15.1. The minimum atomic E-state index is -0.415. The number of ether oxygens (including phenoxy) is 1. The molecule has 0 aliphatic carbocycles. The van der Waals surface area contributed by atoms with Gasteiger partial charge in [0.05, 0.1) is 13.2 Å². The van der Waals surface area contributed by atoms with Gasteiger partial charge in [-0.2, -0.15) is 0 Å². The van der Waals surface area contributed by atoms with E-state index in [0.717, 1.165) is 18.8 Å². The van der Waals surface area contributed by atoms with E-state index in [1.807, 2.05) is 6.07 Å². The third kappa shape index (κ3) is 2.75. The van der Waals surface area contributed by atoms with E-state index in [9.17, 15) is 4.79 Å². The lowest BCUT2D eigenvalue weighted by molar-refractivity contribution is 0.0559. The second-order valence-electron chi connectivity index (χ2n) is 5.80. The van der Waals surface area contributed by atoms with Crippen LogP contribution in [0.15, 0.2) is 16.5 Å². The molecule has 2 heterocycles. The summed E-state index contributed by atoms with van der Waals surface area (Å²) in [7, 11) is 1.37. The SMILES string of the molecule is CCC1(CC)CCN(C(C)c2ccc(C(=O)OC)o2)C1. The van der Waals surface area contributed by atoms with Gasteiger partial charge in [-0.05, 0) is 50.3 Å². The van der Waals surface area contributed by atoms with Crippen LogP contribution in [0.5, 0.6) is 0 Å². The molecule has 2 rings (SSSR count). The van der Waals surface area contributed by atoms with Crippen LogP contribution in [0.4, 0.5) is 0 Å². The van der Waals surface area contributed by atoms with Gasteiger partial charge in [0.2, 0.25) is 5.76 Å². The highest BCUT2D eigenvalue weighted by Crippen LogP contribution is 2.40. The summed E-state index contributed by atoms with van der Waals surface area (Å²) >= 11 is 0. The van der Waals surface area contributed by atoms with Gasteiger partial charge in [-0.25, -0.2) is 4.79 Å². The molecule has 1 aromatic heterocycles. The largest absolute Gasteiger partial charge is 0.463 e. The number of furan rings is 1. The van der Waals surface area contributed by atoms with Gasteiger partial charge in [-0.1, -0.05) is 13.8 Å². The number of hydrogen-bond donors (Lipinski definition) is 0. The zero-order chi connectivity index (χ0) is 14.8. The summed E-state index contributed by atoms with van der Waals surface area (Å²) in [5.74, 6) is 0.709. The quantitative estimate of drug-likeness (QED) is 0.772. The van der Waals surface area contributed by atoms with E-state index in [1.165, 1.54) is 26.4 Å². The van der Waals surface area contributed by atoms with Gasteiger partial charge >= 0.3 is 5.97 Å². The van der Waals surface area contributed by atoms with Crippen molar-refractivity contribution in [1.82, 2.24) is 4.90 Å². The van der Waals surface area contributed by atoms with Gasteiger partial charge in [0, 0.05) is 6.54 Å². The molecule has 1 saturated heterocycles. The van der Waals surface area contributed by atoms with Crippen molar-refractivity contribution < 1.29 is 13.9 Å². The lowest BCUT2D eigenvalue weighted by Gasteiger charge is -2.28. The number of methoxy groups -OCH3 is 1. The summed E-state index contributed by atoms with van der Waals surface area (Å²) in [5.41, 5.74) is 0.450. The van der Waals surface area contributed by atoms with Crippen molar-refractivity contribution in [1.29, 1.82) is 0 Å². The Morgan fingerprint density at radius 1 is 1.45 bits per heavy atom. The first-order valence-corrected chi connectivity index (χ1v) is 7.47. The Labute approximate surface area is 121 Å². The maximum absolute atomic E-state index is 11.4. The molecule has 0 radical (unpaired) electrons. The van der Waals surface area contributed by atoms with Gasteiger partial charge < -0.3 is 9.15 Å². The van der Waals surface area contributed by atoms with Crippen LogP contribution in [-0.2, 0) is 4.74 Å². The summed E-state index contributed by atoms with van der Waals surface area (Å²) < 4.78 is 10.3. The number of carbonyl (C=O) groups excluding carboxylic acids is 1.